The maximum absolute atomic E-state index is 12.3. The molecule has 0 unspecified atom stereocenters. The molecular formula is C12H15ClN4O3S. The van der Waals surface area contributed by atoms with Gasteiger partial charge in [-0.2, -0.15) is 13.5 Å². The summed E-state index contributed by atoms with van der Waals surface area (Å²) in [5.74, 6) is -0.732. The number of hydrogen-bond acceptors (Lipinski definition) is 4. The van der Waals surface area contributed by atoms with Crippen molar-refractivity contribution in [2.45, 2.75) is 25.4 Å². The first-order chi connectivity index (χ1) is 9.76. The van der Waals surface area contributed by atoms with E-state index in [2.05, 4.69) is 5.10 Å². The van der Waals surface area contributed by atoms with Crippen LogP contribution < -0.4 is 4.72 Å². The van der Waals surface area contributed by atoms with Gasteiger partial charge in [0.2, 0.25) is 0 Å². The summed E-state index contributed by atoms with van der Waals surface area (Å²) in [5, 5.41) is 4.19. The Morgan fingerprint density at radius 3 is 2.67 bits per heavy atom. The van der Waals surface area contributed by atoms with Crippen molar-refractivity contribution in [3.8, 4) is 0 Å². The van der Waals surface area contributed by atoms with E-state index in [1.807, 2.05) is 11.6 Å². The first-order valence-corrected chi connectivity index (χ1v) is 8.03. The number of sulfonamides is 1. The van der Waals surface area contributed by atoms with E-state index < -0.39 is 15.9 Å². The van der Waals surface area contributed by atoms with Crippen molar-refractivity contribution >= 4 is 27.5 Å². The molecule has 7 nitrogen and oxygen atoms in total. The fraction of sp³-hybridized carbons (Fsp3) is 0.333. The maximum atomic E-state index is 12.3. The van der Waals surface area contributed by atoms with Crippen LogP contribution in [-0.4, -0.2) is 28.7 Å². The largest absolute Gasteiger partial charge is 0.342 e. The fourth-order valence-corrected chi connectivity index (χ4v) is 3.61. The number of rotatable bonds is 4. The van der Waals surface area contributed by atoms with Crippen molar-refractivity contribution in [1.29, 1.82) is 0 Å². The second kappa shape index (κ2) is 5.53. The Bertz CT molecular complexity index is 772. The van der Waals surface area contributed by atoms with E-state index in [1.165, 1.54) is 24.0 Å². The SMILES string of the molecule is CCn1cc(Cl)cc1C(=O)NS(=O)(=O)c1c(C)cnn1C. The van der Waals surface area contributed by atoms with Crippen LogP contribution in [0, 0.1) is 6.92 Å². The smallest absolute Gasteiger partial charge is 0.281 e. The van der Waals surface area contributed by atoms with Gasteiger partial charge in [-0.15, -0.1) is 0 Å². The number of amides is 1. The predicted molar refractivity (Wildman–Crippen MR) is 77.7 cm³/mol. The Labute approximate surface area is 127 Å². The van der Waals surface area contributed by atoms with Gasteiger partial charge < -0.3 is 4.57 Å². The van der Waals surface area contributed by atoms with E-state index in [-0.39, 0.29) is 10.7 Å². The lowest BCUT2D eigenvalue weighted by molar-refractivity contribution is 0.0972. The summed E-state index contributed by atoms with van der Waals surface area (Å²) in [4.78, 5) is 12.2. The molecule has 2 heterocycles. The van der Waals surface area contributed by atoms with Crippen molar-refractivity contribution in [2.75, 3.05) is 0 Å². The number of nitrogens with one attached hydrogen (secondary N) is 1. The van der Waals surface area contributed by atoms with Gasteiger partial charge in [0.25, 0.3) is 15.9 Å². The normalized spacial score (nSPS) is 11.6. The van der Waals surface area contributed by atoms with Crippen LogP contribution >= 0.6 is 11.6 Å². The Balaban J connectivity index is 2.35. The van der Waals surface area contributed by atoms with Crippen molar-refractivity contribution in [3.05, 3.63) is 34.7 Å². The molecule has 0 aliphatic carbocycles. The molecule has 0 saturated carbocycles. The Kier molecular flexibility index (Phi) is 4.11. The molecule has 0 aliphatic heterocycles. The molecule has 1 N–H and O–H groups in total. The molecule has 9 heteroatoms. The molecule has 0 bridgehead atoms. The number of carbonyl (C=O) groups excluding carboxylic acids is 1. The van der Waals surface area contributed by atoms with E-state index in [9.17, 15) is 13.2 Å². The predicted octanol–water partition coefficient (Wildman–Crippen LogP) is 1.32. The second-order valence-electron chi connectivity index (χ2n) is 4.52. The molecule has 0 radical (unpaired) electrons. The summed E-state index contributed by atoms with van der Waals surface area (Å²) >= 11 is 5.85. The van der Waals surface area contributed by atoms with Gasteiger partial charge in [-0.25, -0.2) is 4.72 Å². The van der Waals surface area contributed by atoms with Crippen LogP contribution in [0.25, 0.3) is 0 Å². The van der Waals surface area contributed by atoms with Crippen LogP contribution in [0.4, 0.5) is 0 Å². The number of nitrogens with zero attached hydrogens (tertiary/aromatic N) is 3. The summed E-state index contributed by atoms with van der Waals surface area (Å²) in [6.45, 7) is 3.94. The number of hydrogen-bond donors (Lipinski definition) is 1. The topological polar surface area (TPSA) is 86.0 Å². The van der Waals surface area contributed by atoms with Crippen molar-refractivity contribution in [1.82, 2.24) is 19.1 Å². The van der Waals surface area contributed by atoms with Crippen LogP contribution in [0.1, 0.15) is 23.0 Å². The van der Waals surface area contributed by atoms with Gasteiger partial charge >= 0.3 is 0 Å². The minimum Gasteiger partial charge on any atom is -0.342 e. The van der Waals surface area contributed by atoms with Gasteiger partial charge in [0.15, 0.2) is 5.03 Å². The third kappa shape index (κ3) is 2.96. The zero-order chi connectivity index (χ0) is 15.8. The molecule has 0 saturated heterocycles. The quantitative estimate of drug-likeness (QED) is 0.916. The highest BCUT2D eigenvalue weighted by molar-refractivity contribution is 7.90. The zero-order valence-corrected chi connectivity index (χ0v) is 13.4. The summed E-state index contributed by atoms with van der Waals surface area (Å²) < 4.78 is 29.4. The third-order valence-electron chi connectivity index (χ3n) is 2.97. The van der Waals surface area contributed by atoms with Gasteiger partial charge in [-0.05, 0) is 19.9 Å². The standard InChI is InChI=1S/C12H15ClN4O3S/c1-4-17-7-9(13)5-10(17)11(18)15-21(19,20)12-8(2)6-14-16(12)3/h5-7H,4H2,1-3H3,(H,15,18). The Hall–Kier alpha value is -1.80. The number of halogens is 1. The summed E-state index contributed by atoms with van der Waals surface area (Å²) in [5.41, 5.74) is 0.646. The minimum atomic E-state index is -4.00. The summed E-state index contributed by atoms with van der Waals surface area (Å²) in [6.07, 6.45) is 2.99. The molecule has 114 valence electrons. The lowest BCUT2D eigenvalue weighted by atomic mass is 10.4. The number of aryl methyl sites for hydroxylation is 3. The van der Waals surface area contributed by atoms with Crippen LogP contribution in [0.2, 0.25) is 5.02 Å². The van der Waals surface area contributed by atoms with E-state index in [4.69, 9.17) is 11.6 Å². The first kappa shape index (κ1) is 15.6. The lowest BCUT2D eigenvalue weighted by Crippen LogP contribution is -2.33. The third-order valence-corrected chi connectivity index (χ3v) is 4.73. The molecule has 0 aliphatic rings. The summed E-state index contributed by atoms with van der Waals surface area (Å²) in [6, 6.07) is 1.42. The molecule has 2 aromatic rings. The highest BCUT2D eigenvalue weighted by Gasteiger charge is 2.25. The molecule has 1 amide bonds. The van der Waals surface area contributed by atoms with Crippen LogP contribution in [0.3, 0.4) is 0 Å². The highest BCUT2D eigenvalue weighted by Crippen LogP contribution is 2.16. The molecule has 0 fully saturated rings. The van der Waals surface area contributed by atoms with Gasteiger partial charge in [0.1, 0.15) is 5.69 Å². The molecular weight excluding hydrogens is 316 g/mol. The number of aromatic nitrogens is 3. The van der Waals surface area contributed by atoms with E-state index in [0.29, 0.717) is 17.1 Å². The lowest BCUT2D eigenvalue weighted by Gasteiger charge is -2.09. The van der Waals surface area contributed by atoms with Crippen LogP contribution in [0.5, 0.6) is 0 Å². The summed E-state index contributed by atoms with van der Waals surface area (Å²) in [7, 11) is -2.50. The van der Waals surface area contributed by atoms with Gasteiger partial charge in [-0.1, -0.05) is 11.6 Å². The molecule has 0 spiro atoms. The Morgan fingerprint density at radius 1 is 1.48 bits per heavy atom. The van der Waals surface area contributed by atoms with Crippen LogP contribution in [0.15, 0.2) is 23.5 Å². The molecule has 21 heavy (non-hydrogen) atoms. The average molecular weight is 331 g/mol. The number of carbonyl (C=O) groups is 1. The van der Waals surface area contributed by atoms with E-state index >= 15 is 0 Å². The molecule has 0 aromatic carbocycles. The van der Waals surface area contributed by atoms with Gasteiger partial charge in [0, 0.05) is 25.4 Å². The van der Waals surface area contributed by atoms with E-state index in [0.717, 1.165) is 0 Å². The van der Waals surface area contributed by atoms with Crippen LogP contribution in [-0.2, 0) is 23.6 Å². The molecule has 2 rings (SSSR count). The first-order valence-electron chi connectivity index (χ1n) is 6.17. The minimum absolute atomic E-state index is 0.0449. The zero-order valence-electron chi connectivity index (χ0n) is 11.8. The van der Waals surface area contributed by atoms with E-state index in [1.54, 1.807) is 17.7 Å². The second-order valence-corrected chi connectivity index (χ2v) is 6.55. The van der Waals surface area contributed by atoms with Crippen molar-refractivity contribution in [3.63, 3.8) is 0 Å². The molecule has 0 atom stereocenters. The molecule has 2 aromatic heterocycles. The Morgan fingerprint density at radius 2 is 2.14 bits per heavy atom. The monoisotopic (exact) mass is 330 g/mol. The van der Waals surface area contributed by atoms with Gasteiger partial charge in [0.05, 0.1) is 11.2 Å². The van der Waals surface area contributed by atoms with Crippen molar-refractivity contribution < 1.29 is 13.2 Å². The fourth-order valence-electron chi connectivity index (χ4n) is 2.07. The maximum Gasteiger partial charge on any atom is 0.281 e. The average Bonchev–Trinajstić information content (AvgIpc) is 2.92. The van der Waals surface area contributed by atoms with Crippen molar-refractivity contribution in [2.24, 2.45) is 7.05 Å². The highest BCUT2D eigenvalue weighted by atomic mass is 35.5. The van der Waals surface area contributed by atoms with Gasteiger partial charge in [-0.3, -0.25) is 9.48 Å².